The van der Waals surface area contributed by atoms with E-state index >= 15 is 0 Å². The Bertz CT molecular complexity index is 424. The molecule has 2 rings (SSSR count). The Balaban J connectivity index is 2.14. The highest BCUT2D eigenvalue weighted by atomic mass is 16.6. The zero-order valence-electron chi connectivity index (χ0n) is 12.5. The first-order valence-corrected chi connectivity index (χ1v) is 7.64. The van der Waals surface area contributed by atoms with Crippen LogP contribution in [0.1, 0.15) is 45.1 Å². The normalized spacial score (nSPS) is 19.3. The molecule has 1 aromatic rings. The van der Waals surface area contributed by atoms with E-state index in [4.69, 9.17) is 4.74 Å². The molecule has 0 aliphatic carbocycles. The number of benzene rings is 1. The maximum absolute atomic E-state index is 12.2. The maximum atomic E-state index is 12.2. The highest BCUT2D eigenvalue weighted by Gasteiger charge is 2.37. The Morgan fingerprint density at radius 3 is 2.55 bits per heavy atom. The molecule has 110 valence electrons. The van der Waals surface area contributed by atoms with Gasteiger partial charge in [0.1, 0.15) is 5.60 Å². The van der Waals surface area contributed by atoms with E-state index in [0.29, 0.717) is 12.3 Å². The van der Waals surface area contributed by atoms with Crippen LogP contribution < -0.4 is 5.32 Å². The van der Waals surface area contributed by atoms with Crippen LogP contribution in [0.4, 0.5) is 0 Å². The topological polar surface area (TPSA) is 38.3 Å². The van der Waals surface area contributed by atoms with Crippen LogP contribution in [0.15, 0.2) is 30.3 Å². The second-order valence-electron chi connectivity index (χ2n) is 5.80. The van der Waals surface area contributed by atoms with Crippen molar-refractivity contribution in [2.24, 2.45) is 5.92 Å². The third kappa shape index (κ3) is 3.60. The molecule has 0 saturated carbocycles. The highest BCUT2D eigenvalue weighted by molar-refractivity contribution is 5.70. The monoisotopic (exact) mass is 275 g/mol. The van der Waals surface area contributed by atoms with Gasteiger partial charge in [0, 0.05) is 19.3 Å². The molecule has 1 saturated heterocycles. The maximum Gasteiger partial charge on any atom is 0.306 e. The summed E-state index contributed by atoms with van der Waals surface area (Å²) in [6.45, 7) is 5.99. The molecule has 1 aliphatic rings. The van der Waals surface area contributed by atoms with Crippen molar-refractivity contribution in [2.75, 3.05) is 13.1 Å². The summed E-state index contributed by atoms with van der Waals surface area (Å²) in [4.78, 5) is 12.2. The van der Waals surface area contributed by atoms with Gasteiger partial charge in [-0.3, -0.25) is 4.79 Å². The number of ether oxygens (including phenoxy) is 1. The lowest BCUT2D eigenvalue weighted by Crippen LogP contribution is -2.43. The summed E-state index contributed by atoms with van der Waals surface area (Å²) in [6, 6.07) is 10.2. The standard InChI is InChI=1S/C17H25NO2/c1-3-14(2)13-16(19)20-17(9-11-18-12-10-17)15-7-5-4-6-8-15/h4-8,14,18H,3,9-13H2,1-2H3. The molecule has 3 nitrogen and oxygen atoms in total. The van der Waals surface area contributed by atoms with Crippen LogP contribution in [0, 0.1) is 5.92 Å². The number of hydrogen-bond acceptors (Lipinski definition) is 3. The van der Waals surface area contributed by atoms with E-state index in [0.717, 1.165) is 37.9 Å². The first-order chi connectivity index (χ1) is 9.66. The lowest BCUT2D eigenvalue weighted by Gasteiger charge is -2.37. The Morgan fingerprint density at radius 1 is 1.30 bits per heavy atom. The van der Waals surface area contributed by atoms with Crippen molar-refractivity contribution in [1.82, 2.24) is 5.32 Å². The van der Waals surface area contributed by atoms with E-state index < -0.39 is 5.60 Å². The third-order valence-corrected chi connectivity index (χ3v) is 4.23. The fourth-order valence-corrected chi connectivity index (χ4v) is 2.71. The largest absolute Gasteiger partial charge is 0.454 e. The van der Waals surface area contributed by atoms with Crippen LogP contribution in [-0.2, 0) is 15.1 Å². The van der Waals surface area contributed by atoms with Crippen molar-refractivity contribution >= 4 is 5.97 Å². The Hall–Kier alpha value is -1.35. The zero-order chi connectivity index (χ0) is 14.4. The number of rotatable bonds is 5. The van der Waals surface area contributed by atoms with Crippen molar-refractivity contribution in [2.45, 2.75) is 45.1 Å². The number of carbonyl (C=O) groups is 1. The molecule has 0 bridgehead atoms. The van der Waals surface area contributed by atoms with Crippen LogP contribution >= 0.6 is 0 Å². The second-order valence-corrected chi connectivity index (χ2v) is 5.80. The van der Waals surface area contributed by atoms with Gasteiger partial charge in [-0.15, -0.1) is 0 Å². The van der Waals surface area contributed by atoms with Gasteiger partial charge in [-0.05, 0) is 24.6 Å². The molecule has 1 aromatic carbocycles. The van der Waals surface area contributed by atoms with Crippen molar-refractivity contribution in [3.63, 3.8) is 0 Å². The van der Waals surface area contributed by atoms with E-state index in [1.165, 1.54) is 0 Å². The SMILES string of the molecule is CCC(C)CC(=O)OC1(c2ccccc2)CCNCC1. The van der Waals surface area contributed by atoms with Crippen molar-refractivity contribution < 1.29 is 9.53 Å². The van der Waals surface area contributed by atoms with Gasteiger partial charge in [0.05, 0.1) is 0 Å². The molecule has 1 fully saturated rings. The first kappa shape index (κ1) is 15.0. The van der Waals surface area contributed by atoms with E-state index in [9.17, 15) is 4.79 Å². The zero-order valence-corrected chi connectivity index (χ0v) is 12.5. The number of hydrogen-bond donors (Lipinski definition) is 1. The predicted octanol–water partition coefficient (Wildman–Crippen LogP) is 3.24. The smallest absolute Gasteiger partial charge is 0.306 e. The molecule has 0 spiro atoms. The molecule has 0 amide bonds. The number of piperidine rings is 1. The molecular formula is C17H25NO2. The summed E-state index contributed by atoms with van der Waals surface area (Å²) >= 11 is 0. The average Bonchev–Trinajstić information content (AvgIpc) is 2.48. The molecule has 3 heteroatoms. The van der Waals surface area contributed by atoms with E-state index in [1.54, 1.807) is 0 Å². The summed E-state index contributed by atoms with van der Waals surface area (Å²) in [5.41, 5.74) is 0.691. The van der Waals surface area contributed by atoms with Gasteiger partial charge in [-0.25, -0.2) is 0 Å². The molecule has 1 heterocycles. The second kappa shape index (κ2) is 6.89. The summed E-state index contributed by atoms with van der Waals surface area (Å²) in [5, 5.41) is 3.34. The molecule has 1 N–H and O–H groups in total. The van der Waals surface area contributed by atoms with Crippen LogP contribution in [0.5, 0.6) is 0 Å². The van der Waals surface area contributed by atoms with Crippen molar-refractivity contribution in [3.8, 4) is 0 Å². The van der Waals surface area contributed by atoms with Gasteiger partial charge in [0.15, 0.2) is 0 Å². The van der Waals surface area contributed by atoms with Gasteiger partial charge in [-0.2, -0.15) is 0 Å². The average molecular weight is 275 g/mol. The lowest BCUT2D eigenvalue weighted by atomic mass is 9.84. The summed E-state index contributed by atoms with van der Waals surface area (Å²) in [5.74, 6) is 0.321. The number of nitrogens with one attached hydrogen (secondary N) is 1. The van der Waals surface area contributed by atoms with Crippen LogP contribution in [0.25, 0.3) is 0 Å². The van der Waals surface area contributed by atoms with Gasteiger partial charge < -0.3 is 10.1 Å². The molecular weight excluding hydrogens is 250 g/mol. The molecule has 1 atom stereocenters. The van der Waals surface area contributed by atoms with E-state index in [1.807, 2.05) is 18.2 Å². The Kier molecular flexibility index (Phi) is 5.18. The lowest BCUT2D eigenvalue weighted by molar-refractivity contribution is -0.165. The Labute approximate surface area is 121 Å². The quantitative estimate of drug-likeness (QED) is 0.838. The summed E-state index contributed by atoms with van der Waals surface area (Å²) in [7, 11) is 0. The van der Waals surface area contributed by atoms with E-state index in [2.05, 4.69) is 31.3 Å². The summed E-state index contributed by atoms with van der Waals surface area (Å²) < 4.78 is 5.96. The number of carbonyl (C=O) groups excluding carboxylic acids is 1. The minimum Gasteiger partial charge on any atom is -0.454 e. The molecule has 0 aromatic heterocycles. The fourth-order valence-electron chi connectivity index (χ4n) is 2.71. The van der Waals surface area contributed by atoms with Crippen LogP contribution in [0.2, 0.25) is 0 Å². The molecule has 0 radical (unpaired) electrons. The van der Waals surface area contributed by atoms with Gasteiger partial charge >= 0.3 is 5.97 Å². The fraction of sp³-hybridized carbons (Fsp3) is 0.588. The minimum atomic E-state index is -0.433. The highest BCUT2D eigenvalue weighted by Crippen LogP contribution is 2.35. The minimum absolute atomic E-state index is 0.0647. The van der Waals surface area contributed by atoms with Crippen LogP contribution in [0.3, 0.4) is 0 Å². The van der Waals surface area contributed by atoms with Gasteiger partial charge in [-0.1, -0.05) is 50.6 Å². The molecule has 1 aliphatic heterocycles. The van der Waals surface area contributed by atoms with Gasteiger partial charge in [0.2, 0.25) is 0 Å². The van der Waals surface area contributed by atoms with Crippen molar-refractivity contribution in [1.29, 1.82) is 0 Å². The van der Waals surface area contributed by atoms with Crippen LogP contribution in [-0.4, -0.2) is 19.1 Å². The molecule has 20 heavy (non-hydrogen) atoms. The third-order valence-electron chi connectivity index (χ3n) is 4.23. The van der Waals surface area contributed by atoms with E-state index in [-0.39, 0.29) is 5.97 Å². The van der Waals surface area contributed by atoms with Gasteiger partial charge in [0.25, 0.3) is 0 Å². The van der Waals surface area contributed by atoms with Crippen molar-refractivity contribution in [3.05, 3.63) is 35.9 Å². The first-order valence-electron chi connectivity index (χ1n) is 7.64. The Morgan fingerprint density at radius 2 is 1.95 bits per heavy atom. The molecule has 1 unspecified atom stereocenters. The summed E-state index contributed by atoms with van der Waals surface area (Å²) in [6.07, 6.45) is 3.22. The predicted molar refractivity (Wildman–Crippen MR) is 80.4 cm³/mol. The number of esters is 1.